The van der Waals surface area contributed by atoms with Crippen molar-refractivity contribution in [1.82, 2.24) is 0 Å². The molecule has 0 saturated heterocycles. The van der Waals surface area contributed by atoms with Crippen molar-refractivity contribution in [2.75, 3.05) is 24.6 Å². The van der Waals surface area contributed by atoms with Crippen LogP contribution in [0.4, 0.5) is 5.69 Å². The molecule has 0 unspecified atom stereocenters. The summed E-state index contributed by atoms with van der Waals surface area (Å²) in [6.45, 7) is 1.57. The Morgan fingerprint density at radius 1 is 1.35 bits per heavy atom. The number of nitrogens with two attached hydrogens (primary N) is 1. The molecule has 104 valence electrons. The maximum atomic E-state index is 12.4. The quantitative estimate of drug-likeness (QED) is 0.925. The van der Waals surface area contributed by atoms with Gasteiger partial charge in [0.15, 0.2) is 5.76 Å². The number of rotatable bonds is 3. The summed E-state index contributed by atoms with van der Waals surface area (Å²) in [4.78, 5) is 14.1. The number of carbonyl (C=O) groups excluding carboxylic acids is 1. The van der Waals surface area contributed by atoms with E-state index in [4.69, 9.17) is 14.9 Å². The van der Waals surface area contributed by atoms with Gasteiger partial charge in [0.05, 0.1) is 18.5 Å². The number of nitrogens with zero attached hydrogens (tertiary/aromatic N) is 1. The molecule has 20 heavy (non-hydrogen) atoms. The van der Waals surface area contributed by atoms with Crippen molar-refractivity contribution in [2.45, 2.75) is 6.42 Å². The minimum atomic E-state index is -0.149. The highest BCUT2D eigenvalue weighted by Gasteiger charge is 2.26. The maximum Gasteiger partial charge on any atom is 0.294 e. The summed E-state index contributed by atoms with van der Waals surface area (Å²) >= 11 is 0. The van der Waals surface area contributed by atoms with Crippen molar-refractivity contribution in [2.24, 2.45) is 5.73 Å². The Bertz CT molecular complexity index is 608. The molecule has 0 radical (unpaired) electrons. The second-order valence-electron chi connectivity index (χ2n) is 4.62. The molecule has 0 saturated carbocycles. The largest absolute Gasteiger partial charge is 0.490 e. The van der Waals surface area contributed by atoms with Crippen LogP contribution in [0.15, 0.2) is 41.0 Å². The number of ether oxygens (including phenoxy) is 1. The first-order chi connectivity index (χ1) is 9.79. The van der Waals surface area contributed by atoms with Crippen molar-refractivity contribution in [1.29, 1.82) is 0 Å². The molecular weight excluding hydrogens is 256 g/mol. The normalized spacial score (nSPS) is 13.8. The van der Waals surface area contributed by atoms with E-state index in [1.54, 1.807) is 17.0 Å². The van der Waals surface area contributed by atoms with Gasteiger partial charge in [-0.2, -0.15) is 0 Å². The van der Waals surface area contributed by atoms with Gasteiger partial charge in [0, 0.05) is 0 Å². The smallest absolute Gasteiger partial charge is 0.294 e. The van der Waals surface area contributed by atoms with Gasteiger partial charge in [-0.25, -0.2) is 0 Å². The highest BCUT2D eigenvalue weighted by molar-refractivity contribution is 6.05. The van der Waals surface area contributed by atoms with Gasteiger partial charge in [-0.1, -0.05) is 6.07 Å². The number of amides is 1. The van der Waals surface area contributed by atoms with Gasteiger partial charge in [0.25, 0.3) is 5.91 Å². The summed E-state index contributed by atoms with van der Waals surface area (Å²) < 4.78 is 10.8. The Morgan fingerprint density at radius 2 is 2.25 bits per heavy atom. The lowest BCUT2D eigenvalue weighted by molar-refractivity contribution is 0.0950. The predicted molar refractivity (Wildman–Crippen MR) is 75.1 cm³/mol. The Hall–Kier alpha value is -2.27. The molecule has 5 heteroatoms. The first-order valence-electron chi connectivity index (χ1n) is 6.61. The average molecular weight is 272 g/mol. The van der Waals surface area contributed by atoms with Gasteiger partial charge in [-0.15, -0.1) is 0 Å². The molecule has 2 N–H and O–H groups in total. The van der Waals surface area contributed by atoms with E-state index >= 15 is 0 Å². The highest BCUT2D eigenvalue weighted by atomic mass is 16.5. The lowest BCUT2D eigenvalue weighted by Crippen LogP contribution is -2.37. The van der Waals surface area contributed by atoms with E-state index < -0.39 is 0 Å². The van der Waals surface area contributed by atoms with E-state index in [0.29, 0.717) is 25.5 Å². The third-order valence-corrected chi connectivity index (χ3v) is 3.30. The second-order valence-corrected chi connectivity index (χ2v) is 4.62. The summed E-state index contributed by atoms with van der Waals surface area (Å²) in [7, 11) is 0. The van der Waals surface area contributed by atoms with Gasteiger partial charge in [0.1, 0.15) is 12.4 Å². The van der Waals surface area contributed by atoms with Crippen molar-refractivity contribution < 1.29 is 13.9 Å². The first kappa shape index (κ1) is 12.7. The Labute approximate surface area is 116 Å². The van der Waals surface area contributed by atoms with Gasteiger partial charge in [0.2, 0.25) is 0 Å². The zero-order chi connectivity index (χ0) is 13.9. The summed E-state index contributed by atoms with van der Waals surface area (Å²) in [5, 5.41) is 0. The second kappa shape index (κ2) is 5.38. The summed E-state index contributed by atoms with van der Waals surface area (Å²) in [5.74, 6) is 0.906. The van der Waals surface area contributed by atoms with Crippen LogP contribution in [0.25, 0.3) is 0 Å². The van der Waals surface area contributed by atoms with Crippen LogP contribution in [0, 0.1) is 0 Å². The number of hydrogen-bond acceptors (Lipinski definition) is 4. The zero-order valence-corrected chi connectivity index (χ0v) is 11.0. The molecule has 1 amide bonds. The fraction of sp³-hybridized carbons (Fsp3) is 0.267. The zero-order valence-electron chi connectivity index (χ0n) is 11.0. The fourth-order valence-electron chi connectivity index (χ4n) is 2.33. The van der Waals surface area contributed by atoms with Crippen LogP contribution in [-0.4, -0.2) is 25.6 Å². The van der Waals surface area contributed by atoms with E-state index in [1.165, 1.54) is 6.26 Å². The van der Waals surface area contributed by atoms with Crippen LogP contribution in [0.5, 0.6) is 5.75 Å². The van der Waals surface area contributed by atoms with E-state index in [0.717, 1.165) is 23.4 Å². The minimum Gasteiger partial charge on any atom is -0.490 e. The maximum absolute atomic E-state index is 12.4. The van der Waals surface area contributed by atoms with Crippen molar-refractivity contribution in [3.8, 4) is 5.75 Å². The topological polar surface area (TPSA) is 68.7 Å². The number of anilines is 1. The van der Waals surface area contributed by atoms with Crippen molar-refractivity contribution >= 4 is 11.6 Å². The number of benzene rings is 1. The van der Waals surface area contributed by atoms with Crippen LogP contribution < -0.4 is 15.4 Å². The number of hydrogen-bond donors (Lipinski definition) is 1. The minimum absolute atomic E-state index is 0.149. The van der Waals surface area contributed by atoms with Gasteiger partial charge < -0.3 is 14.9 Å². The van der Waals surface area contributed by atoms with Crippen molar-refractivity contribution in [3.63, 3.8) is 0 Å². The molecule has 1 aromatic carbocycles. The standard InChI is InChI=1S/C15H16N2O3/c16-6-5-11-3-4-13-12(10-11)17(7-9-20-13)15(18)14-2-1-8-19-14/h1-4,8,10H,5-7,9,16H2. The summed E-state index contributed by atoms with van der Waals surface area (Å²) in [5.41, 5.74) is 7.45. The van der Waals surface area contributed by atoms with E-state index in [9.17, 15) is 4.79 Å². The van der Waals surface area contributed by atoms with Gasteiger partial charge in [-0.3, -0.25) is 9.69 Å². The van der Waals surface area contributed by atoms with Gasteiger partial charge in [-0.05, 0) is 42.8 Å². The molecule has 1 aliphatic heterocycles. The number of furan rings is 1. The third kappa shape index (κ3) is 2.28. The molecule has 2 heterocycles. The van der Waals surface area contributed by atoms with Crippen LogP contribution >= 0.6 is 0 Å². The van der Waals surface area contributed by atoms with Crippen molar-refractivity contribution in [3.05, 3.63) is 47.9 Å². The third-order valence-electron chi connectivity index (χ3n) is 3.30. The Morgan fingerprint density at radius 3 is 3.00 bits per heavy atom. The Kier molecular flexibility index (Phi) is 3.43. The SMILES string of the molecule is NCCc1ccc2c(c1)N(C(=O)c1ccco1)CCO2. The molecule has 0 atom stereocenters. The molecule has 0 spiro atoms. The van der Waals surface area contributed by atoms with Gasteiger partial charge >= 0.3 is 0 Å². The monoisotopic (exact) mass is 272 g/mol. The molecule has 1 aliphatic rings. The summed E-state index contributed by atoms with van der Waals surface area (Å²) in [6, 6.07) is 9.21. The molecule has 3 rings (SSSR count). The molecule has 0 bridgehead atoms. The number of fused-ring (bicyclic) bond motifs is 1. The molecule has 5 nitrogen and oxygen atoms in total. The molecule has 0 aliphatic carbocycles. The molecule has 2 aromatic rings. The van der Waals surface area contributed by atoms with E-state index in [-0.39, 0.29) is 5.91 Å². The average Bonchev–Trinajstić information content (AvgIpc) is 3.00. The van der Waals surface area contributed by atoms with Crippen LogP contribution in [0.1, 0.15) is 16.1 Å². The van der Waals surface area contributed by atoms with Crippen LogP contribution in [0.3, 0.4) is 0 Å². The lowest BCUT2D eigenvalue weighted by atomic mass is 10.1. The first-order valence-corrected chi connectivity index (χ1v) is 6.61. The lowest BCUT2D eigenvalue weighted by Gasteiger charge is -2.29. The number of carbonyl (C=O) groups is 1. The molecular formula is C15H16N2O3. The predicted octanol–water partition coefficient (Wildman–Crippen LogP) is 1.82. The van der Waals surface area contributed by atoms with E-state index in [1.807, 2.05) is 18.2 Å². The fourth-order valence-corrected chi connectivity index (χ4v) is 2.33. The highest BCUT2D eigenvalue weighted by Crippen LogP contribution is 2.33. The molecule has 1 aromatic heterocycles. The Balaban J connectivity index is 1.96. The van der Waals surface area contributed by atoms with E-state index in [2.05, 4.69) is 0 Å². The summed E-state index contributed by atoms with van der Waals surface area (Å²) in [6.07, 6.45) is 2.27. The molecule has 0 fully saturated rings. The van der Waals surface area contributed by atoms with Crippen LogP contribution in [0.2, 0.25) is 0 Å². The van der Waals surface area contributed by atoms with Crippen LogP contribution in [-0.2, 0) is 6.42 Å².